The zero-order valence-corrected chi connectivity index (χ0v) is 12.1. The Kier molecular flexibility index (Phi) is 3.97. The van der Waals surface area contributed by atoms with E-state index in [9.17, 15) is 4.79 Å². The minimum Gasteiger partial charge on any atom is -0.326 e. The van der Waals surface area contributed by atoms with Gasteiger partial charge < -0.3 is 5.32 Å². The monoisotopic (exact) mass is 281 g/mol. The molecule has 2 heterocycles. The second-order valence-electron chi connectivity index (χ2n) is 5.43. The summed E-state index contributed by atoms with van der Waals surface area (Å²) >= 11 is 0. The summed E-state index contributed by atoms with van der Waals surface area (Å²) in [6, 6.07) is 12.2. The minimum atomic E-state index is 0.0368. The summed E-state index contributed by atoms with van der Waals surface area (Å²) in [5.74, 6) is 0.0368. The molecule has 21 heavy (non-hydrogen) atoms. The number of amides is 1. The molecule has 0 fully saturated rings. The Morgan fingerprint density at radius 2 is 2.05 bits per heavy atom. The highest BCUT2D eigenvalue weighted by atomic mass is 16.1. The standard InChI is InChI=1S/C17H19N3O/c1-20-11-8-13-4-2-3-5-15(13)16(20)12-17(21)19-14-6-9-18-10-7-14/h2-7,9-10,16H,8,11-12H2,1H3,(H,18,19,21)/t16-/m1/s1. The predicted octanol–water partition coefficient (Wildman–Crippen LogP) is 2.64. The van der Waals surface area contributed by atoms with Gasteiger partial charge in [0, 0.05) is 37.1 Å². The Morgan fingerprint density at radius 3 is 2.86 bits per heavy atom. The third-order valence-electron chi connectivity index (χ3n) is 4.02. The fourth-order valence-corrected chi connectivity index (χ4v) is 2.87. The lowest BCUT2D eigenvalue weighted by Gasteiger charge is -2.34. The van der Waals surface area contributed by atoms with E-state index < -0.39 is 0 Å². The number of carbonyl (C=O) groups excluding carboxylic acids is 1. The van der Waals surface area contributed by atoms with Crippen molar-refractivity contribution in [1.29, 1.82) is 0 Å². The van der Waals surface area contributed by atoms with E-state index in [1.165, 1.54) is 11.1 Å². The first kappa shape index (κ1) is 13.8. The van der Waals surface area contributed by atoms with Gasteiger partial charge in [-0.15, -0.1) is 0 Å². The zero-order valence-electron chi connectivity index (χ0n) is 12.1. The van der Waals surface area contributed by atoms with Crippen LogP contribution in [0.4, 0.5) is 5.69 Å². The molecular weight excluding hydrogens is 262 g/mol. The Morgan fingerprint density at radius 1 is 1.29 bits per heavy atom. The van der Waals surface area contributed by atoms with Crippen LogP contribution in [0.25, 0.3) is 0 Å². The van der Waals surface area contributed by atoms with Crippen molar-refractivity contribution in [3.8, 4) is 0 Å². The first-order valence-electron chi connectivity index (χ1n) is 7.22. The van der Waals surface area contributed by atoms with Gasteiger partial charge in [-0.25, -0.2) is 0 Å². The van der Waals surface area contributed by atoms with Gasteiger partial charge in [-0.1, -0.05) is 24.3 Å². The third-order valence-corrected chi connectivity index (χ3v) is 4.02. The first-order valence-corrected chi connectivity index (χ1v) is 7.22. The number of nitrogens with zero attached hydrogens (tertiary/aromatic N) is 2. The van der Waals surface area contributed by atoms with E-state index in [1.807, 2.05) is 6.07 Å². The maximum atomic E-state index is 12.3. The number of rotatable bonds is 3. The van der Waals surface area contributed by atoms with E-state index in [-0.39, 0.29) is 11.9 Å². The van der Waals surface area contributed by atoms with E-state index in [2.05, 4.69) is 40.4 Å². The van der Waals surface area contributed by atoms with Crippen molar-refractivity contribution >= 4 is 11.6 Å². The van der Waals surface area contributed by atoms with E-state index in [0.717, 1.165) is 18.7 Å². The van der Waals surface area contributed by atoms with Crippen molar-refractivity contribution in [2.45, 2.75) is 18.9 Å². The number of carbonyl (C=O) groups is 1. The normalized spacial score (nSPS) is 18.0. The van der Waals surface area contributed by atoms with Gasteiger partial charge in [-0.3, -0.25) is 14.7 Å². The molecule has 1 aliphatic rings. The number of anilines is 1. The molecule has 0 saturated carbocycles. The molecule has 0 unspecified atom stereocenters. The highest BCUT2D eigenvalue weighted by molar-refractivity contribution is 5.91. The van der Waals surface area contributed by atoms with Crippen LogP contribution in [-0.4, -0.2) is 29.4 Å². The second kappa shape index (κ2) is 6.06. The average molecular weight is 281 g/mol. The Hall–Kier alpha value is -2.20. The molecule has 0 aliphatic carbocycles. The largest absolute Gasteiger partial charge is 0.326 e. The van der Waals surface area contributed by atoms with Gasteiger partial charge in [0.25, 0.3) is 0 Å². The topological polar surface area (TPSA) is 45.2 Å². The number of fused-ring (bicyclic) bond motifs is 1. The quantitative estimate of drug-likeness (QED) is 0.940. The molecule has 0 saturated heterocycles. The van der Waals surface area contributed by atoms with Crippen LogP contribution < -0.4 is 5.32 Å². The number of hydrogen-bond donors (Lipinski definition) is 1. The summed E-state index contributed by atoms with van der Waals surface area (Å²) in [6.45, 7) is 0.990. The van der Waals surface area contributed by atoms with Crippen molar-refractivity contribution in [3.05, 3.63) is 59.9 Å². The molecule has 1 aromatic carbocycles. The summed E-state index contributed by atoms with van der Waals surface area (Å²) in [7, 11) is 2.08. The lowest BCUT2D eigenvalue weighted by molar-refractivity contribution is -0.117. The second-order valence-corrected chi connectivity index (χ2v) is 5.43. The molecule has 0 spiro atoms. The lowest BCUT2D eigenvalue weighted by atomic mass is 9.91. The summed E-state index contributed by atoms with van der Waals surface area (Å²) in [5.41, 5.74) is 3.43. The molecular formula is C17H19N3O. The highest BCUT2D eigenvalue weighted by Crippen LogP contribution is 2.31. The van der Waals surface area contributed by atoms with Gasteiger partial charge in [0.2, 0.25) is 5.91 Å². The van der Waals surface area contributed by atoms with Gasteiger partial charge in [0.15, 0.2) is 0 Å². The van der Waals surface area contributed by atoms with Gasteiger partial charge >= 0.3 is 0 Å². The predicted molar refractivity (Wildman–Crippen MR) is 83.0 cm³/mol. The summed E-state index contributed by atoms with van der Waals surface area (Å²) in [6.07, 6.45) is 4.88. The Balaban J connectivity index is 1.73. The van der Waals surface area contributed by atoms with Crippen molar-refractivity contribution < 1.29 is 4.79 Å². The fourth-order valence-electron chi connectivity index (χ4n) is 2.87. The summed E-state index contributed by atoms with van der Waals surface area (Å²) in [4.78, 5) is 18.5. The molecule has 0 bridgehead atoms. The Labute approximate surface area is 124 Å². The zero-order chi connectivity index (χ0) is 14.7. The summed E-state index contributed by atoms with van der Waals surface area (Å²) < 4.78 is 0. The van der Waals surface area contributed by atoms with Gasteiger partial charge in [-0.2, -0.15) is 0 Å². The van der Waals surface area contributed by atoms with Crippen molar-refractivity contribution in [3.63, 3.8) is 0 Å². The van der Waals surface area contributed by atoms with Crippen LogP contribution in [0.5, 0.6) is 0 Å². The maximum absolute atomic E-state index is 12.3. The number of benzene rings is 1. The molecule has 2 aromatic rings. The molecule has 1 aromatic heterocycles. The molecule has 1 amide bonds. The van der Waals surface area contributed by atoms with E-state index in [1.54, 1.807) is 24.5 Å². The average Bonchev–Trinajstić information content (AvgIpc) is 2.51. The number of nitrogens with one attached hydrogen (secondary N) is 1. The molecule has 108 valence electrons. The van der Waals surface area contributed by atoms with Crippen molar-refractivity contribution in [1.82, 2.24) is 9.88 Å². The van der Waals surface area contributed by atoms with Crippen LogP contribution in [0.15, 0.2) is 48.8 Å². The molecule has 4 heteroatoms. The van der Waals surface area contributed by atoms with Gasteiger partial charge in [0.05, 0.1) is 0 Å². The molecule has 3 rings (SSSR count). The Bertz CT molecular complexity index is 627. The van der Waals surface area contributed by atoms with E-state index >= 15 is 0 Å². The van der Waals surface area contributed by atoms with Crippen LogP contribution in [0, 0.1) is 0 Å². The van der Waals surface area contributed by atoms with Crippen molar-refractivity contribution in [2.75, 3.05) is 18.9 Å². The number of pyridine rings is 1. The van der Waals surface area contributed by atoms with Crippen LogP contribution in [0.2, 0.25) is 0 Å². The van der Waals surface area contributed by atoms with Gasteiger partial charge in [-0.05, 0) is 36.7 Å². The van der Waals surface area contributed by atoms with Crippen LogP contribution in [-0.2, 0) is 11.2 Å². The van der Waals surface area contributed by atoms with Crippen LogP contribution in [0.1, 0.15) is 23.6 Å². The SMILES string of the molecule is CN1CCc2ccccc2[C@H]1CC(=O)Nc1ccncc1. The minimum absolute atomic E-state index is 0.0368. The van der Waals surface area contributed by atoms with Crippen LogP contribution >= 0.6 is 0 Å². The number of likely N-dealkylation sites (N-methyl/N-ethyl adjacent to an activating group) is 1. The van der Waals surface area contributed by atoms with E-state index in [4.69, 9.17) is 0 Å². The van der Waals surface area contributed by atoms with Crippen LogP contribution in [0.3, 0.4) is 0 Å². The smallest absolute Gasteiger partial charge is 0.226 e. The summed E-state index contributed by atoms with van der Waals surface area (Å²) in [5, 5.41) is 2.93. The molecule has 1 aliphatic heterocycles. The van der Waals surface area contributed by atoms with Gasteiger partial charge in [0.1, 0.15) is 0 Å². The molecule has 4 nitrogen and oxygen atoms in total. The molecule has 1 N–H and O–H groups in total. The number of aromatic nitrogens is 1. The number of hydrogen-bond acceptors (Lipinski definition) is 3. The molecule has 1 atom stereocenters. The first-order chi connectivity index (χ1) is 10.2. The highest BCUT2D eigenvalue weighted by Gasteiger charge is 2.26. The fraction of sp³-hybridized carbons (Fsp3) is 0.294. The van der Waals surface area contributed by atoms with E-state index in [0.29, 0.717) is 6.42 Å². The maximum Gasteiger partial charge on any atom is 0.226 e. The lowest BCUT2D eigenvalue weighted by Crippen LogP contribution is -2.34. The molecule has 0 radical (unpaired) electrons. The van der Waals surface area contributed by atoms with Crippen molar-refractivity contribution in [2.24, 2.45) is 0 Å². The third kappa shape index (κ3) is 3.11.